The SMILES string of the molecule is CCOC(=O)C(C)Sc1nnc(-c2cc(-c3ccccc3)nc3ccccc23)n1CC. The van der Waals surface area contributed by atoms with E-state index in [0.29, 0.717) is 18.3 Å². The van der Waals surface area contributed by atoms with Crippen LogP contribution in [-0.4, -0.2) is 37.6 Å². The molecule has 0 fully saturated rings. The lowest BCUT2D eigenvalue weighted by atomic mass is 10.0. The average molecular weight is 433 g/mol. The van der Waals surface area contributed by atoms with E-state index >= 15 is 0 Å². The van der Waals surface area contributed by atoms with Crippen LogP contribution >= 0.6 is 11.8 Å². The van der Waals surface area contributed by atoms with E-state index in [0.717, 1.165) is 33.5 Å². The molecule has 158 valence electrons. The second-order valence-corrected chi connectivity index (χ2v) is 8.31. The first-order chi connectivity index (χ1) is 15.1. The van der Waals surface area contributed by atoms with Gasteiger partial charge in [-0.05, 0) is 32.9 Å². The van der Waals surface area contributed by atoms with Gasteiger partial charge in [0.25, 0.3) is 0 Å². The second-order valence-electron chi connectivity index (χ2n) is 7.00. The van der Waals surface area contributed by atoms with Crippen LogP contribution in [0.4, 0.5) is 0 Å². The van der Waals surface area contributed by atoms with Gasteiger partial charge >= 0.3 is 5.97 Å². The minimum absolute atomic E-state index is 0.250. The number of benzene rings is 2. The van der Waals surface area contributed by atoms with Crippen molar-refractivity contribution in [1.82, 2.24) is 19.7 Å². The first-order valence-corrected chi connectivity index (χ1v) is 11.2. The largest absolute Gasteiger partial charge is 0.465 e. The fraction of sp³-hybridized carbons (Fsp3) is 0.250. The Morgan fingerprint density at radius 3 is 2.55 bits per heavy atom. The van der Waals surface area contributed by atoms with Crippen molar-refractivity contribution >= 4 is 28.6 Å². The molecule has 4 rings (SSSR count). The molecule has 7 heteroatoms. The molecule has 0 radical (unpaired) electrons. The van der Waals surface area contributed by atoms with Crippen LogP contribution in [0.15, 0.2) is 65.8 Å². The van der Waals surface area contributed by atoms with Crippen LogP contribution in [0.1, 0.15) is 20.8 Å². The zero-order valence-corrected chi connectivity index (χ0v) is 18.6. The summed E-state index contributed by atoms with van der Waals surface area (Å²) >= 11 is 1.36. The number of fused-ring (bicyclic) bond motifs is 1. The van der Waals surface area contributed by atoms with Crippen molar-refractivity contribution in [1.29, 1.82) is 0 Å². The van der Waals surface area contributed by atoms with Gasteiger partial charge < -0.3 is 9.30 Å². The lowest BCUT2D eigenvalue weighted by Crippen LogP contribution is -2.17. The van der Waals surface area contributed by atoms with Crippen molar-refractivity contribution in [2.45, 2.75) is 37.7 Å². The van der Waals surface area contributed by atoms with Crippen LogP contribution < -0.4 is 0 Å². The van der Waals surface area contributed by atoms with Crippen LogP contribution in [0.5, 0.6) is 0 Å². The molecular weight excluding hydrogens is 408 g/mol. The van der Waals surface area contributed by atoms with E-state index in [9.17, 15) is 4.79 Å². The number of esters is 1. The molecule has 0 saturated carbocycles. The zero-order valence-electron chi connectivity index (χ0n) is 17.8. The molecule has 31 heavy (non-hydrogen) atoms. The Labute approximate surface area is 185 Å². The lowest BCUT2D eigenvalue weighted by Gasteiger charge is -2.13. The Hall–Kier alpha value is -3.19. The summed E-state index contributed by atoms with van der Waals surface area (Å²) in [5, 5.41) is 10.3. The van der Waals surface area contributed by atoms with Crippen molar-refractivity contribution in [3.8, 4) is 22.6 Å². The van der Waals surface area contributed by atoms with Crippen LogP contribution in [0.25, 0.3) is 33.5 Å². The Bertz CT molecular complexity index is 1210. The van der Waals surface area contributed by atoms with E-state index in [-0.39, 0.29) is 11.2 Å². The third kappa shape index (κ3) is 4.32. The van der Waals surface area contributed by atoms with Crippen molar-refractivity contribution < 1.29 is 9.53 Å². The zero-order chi connectivity index (χ0) is 21.8. The normalized spacial score (nSPS) is 12.1. The molecule has 0 saturated heterocycles. The van der Waals surface area contributed by atoms with Gasteiger partial charge in [0.1, 0.15) is 5.25 Å². The summed E-state index contributed by atoms with van der Waals surface area (Å²) < 4.78 is 7.18. The number of hydrogen-bond donors (Lipinski definition) is 0. The third-order valence-electron chi connectivity index (χ3n) is 4.96. The first-order valence-electron chi connectivity index (χ1n) is 10.3. The van der Waals surface area contributed by atoms with Crippen LogP contribution in [-0.2, 0) is 16.1 Å². The number of nitrogens with zero attached hydrogens (tertiary/aromatic N) is 4. The van der Waals surface area contributed by atoms with Gasteiger partial charge in [0, 0.05) is 23.1 Å². The summed E-state index contributed by atoms with van der Waals surface area (Å²) in [5.41, 5.74) is 3.80. The van der Waals surface area contributed by atoms with Gasteiger partial charge in [-0.2, -0.15) is 0 Å². The van der Waals surface area contributed by atoms with Gasteiger partial charge in [0.05, 0.1) is 17.8 Å². The maximum Gasteiger partial charge on any atom is 0.319 e. The highest BCUT2D eigenvalue weighted by molar-refractivity contribution is 8.00. The Morgan fingerprint density at radius 2 is 1.81 bits per heavy atom. The lowest BCUT2D eigenvalue weighted by molar-refractivity contribution is -0.142. The maximum absolute atomic E-state index is 12.1. The van der Waals surface area contributed by atoms with E-state index in [1.165, 1.54) is 11.8 Å². The average Bonchev–Trinajstić information content (AvgIpc) is 3.21. The minimum Gasteiger partial charge on any atom is -0.465 e. The van der Waals surface area contributed by atoms with Crippen LogP contribution in [0, 0.1) is 0 Å². The molecule has 0 aliphatic carbocycles. The van der Waals surface area contributed by atoms with E-state index < -0.39 is 0 Å². The maximum atomic E-state index is 12.1. The summed E-state index contributed by atoms with van der Waals surface area (Å²) in [5.74, 6) is 0.511. The Kier molecular flexibility index (Phi) is 6.32. The standard InChI is InChI=1S/C24H24N4O2S/c1-4-28-22(26-27-24(28)31-16(3)23(29)30-5-2)19-15-21(17-11-7-6-8-12-17)25-20-14-10-9-13-18(19)20/h6-16H,4-5H2,1-3H3. The molecule has 1 unspecified atom stereocenters. The molecular formula is C24H24N4O2S. The Balaban J connectivity index is 1.81. The molecule has 0 amide bonds. The predicted molar refractivity (Wildman–Crippen MR) is 124 cm³/mol. The van der Waals surface area contributed by atoms with E-state index in [1.54, 1.807) is 6.92 Å². The highest BCUT2D eigenvalue weighted by Crippen LogP contribution is 2.33. The number of thioether (sulfide) groups is 1. The third-order valence-corrected chi connectivity index (χ3v) is 6.02. The summed E-state index contributed by atoms with van der Waals surface area (Å²) in [4.78, 5) is 17.0. The quantitative estimate of drug-likeness (QED) is 0.294. The second kappa shape index (κ2) is 9.31. The molecule has 2 aromatic carbocycles. The van der Waals surface area contributed by atoms with Crippen LogP contribution in [0.2, 0.25) is 0 Å². The predicted octanol–water partition coefficient (Wildman–Crippen LogP) is 5.22. The van der Waals surface area contributed by atoms with E-state index in [1.807, 2.05) is 66.9 Å². The van der Waals surface area contributed by atoms with Gasteiger partial charge in [-0.1, -0.05) is 60.3 Å². The van der Waals surface area contributed by atoms with Gasteiger partial charge in [-0.15, -0.1) is 10.2 Å². The number of ether oxygens (including phenoxy) is 1. The number of para-hydroxylation sites is 1. The Morgan fingerprint density at radius 1 is 1.06 bits per heavy atom. The molecule has 2 heterocycles. The summed E-state index contributed by atoms with van der Waals surface area (Å²) in [7, 11) is 0. The monoisotopic (exact) mass is 432 g/mol. The highest BCUT2D eigenvalue weighted by atomic mass is 32.2. The number of aromatic nitrogens is 4. The molecule has 4 aromatic rings. The van der Waals surface area contributed by atoms with Gasteiger partial charge in [-0.3, -0.25) is 4.79 Å². The molecule has 0 aliphatic heterocycles. The molecule has 0 aliphatic rings. The smallest absolute Gasteiger partial charge is 0.319 e. The first kappa shape index (κ1) is 21.1. The van der Waals surface area contributed by atoms with Crippen molar-refractivity contribution in [2.24, 2.45) is 0 Å². The molecule has 6 nitrogen and oxygen atoms in total. The van der Waals surface area contributed by atoms with Crippen molar-refractivity contribution in [3.63, 3.8) is 0 Å². The number of pyridine rings is 1. The highest BCUT2D eigenvalue weighted by Gasteiger charge is 2.22. The van der Waals surface area contributed by atoms with Crippen LogP contribution in [0.3, 0.4) is 0 Å². The molecule has 0 N–H and O–H groups in total. The molecule has 1 atom stereocenters. The molecule has 0 spiro atoms. The number of rotatable bonds is 7. The topological polar surface area (TPSA) is 69.9 Å². The summed E-state index contributed by atoms with van der Waals surface area (Å²) in [6.45, 7) is 6.72. The van der Waals surface area contributed by atoms with Gasteiger partial charge in [0.15, 0.2) is 11.0 Å². The number of hydrogen-bond acceptors (Lipinski definition) is 6. The van der Waals surface area contributed by atoms with Crippen molar-refractivity contribution in [2.75, 3.05) is 6.61 Å². The summed E-state index contributed by atoms with van der Waals surface area (Å²) in [6.07, 6.45) is 0. The van der Waals surface area contributed by atoms with Gasteiger partial charge in [-0.25, -0.2) is 4.98 Å². The van der Waals surface area contributed by atoms with E-state index in [4.69, 9.17) is 9.72 Å². The number of carbonyl (C=O) groups is 1. The number of carbonyl (C=O) groups excluding carboxylic acids is 1. The molecule has 0 bridgehead atoms. The fourth-order valence-electron chi connectivity index (χ4n) is 3.44. The van der Waals surface area contributed by atoms with Crippen molar-refractivity contribution in [3.05, 3.63) is 60.7 Å². The van der Waals surface area contributed by atoms with Gasteiger partial charge in [0.2, 0.25) is 0 Å². The minimum atomic E-state index is -0.364. The van der Waals surface area contributed by atoms with E-state index in [2.05, 4.69) is 22.3 Å². The molecule has 2 aromatic heterocycles. The fourth-order valence-corrected chi connectivity index (χ4v) is 4.35. The summed E-state index contributed by atoms with van der Waals surface area (Å²) in [6, 6.07) is 20.2.